The fourth-order valence-electron chi connectivity index (χ4n) is 7.16. The number of fused-ring (bicyclic) bond motifs is 1. The van der Waals surface area contributed by atoms with Gasteiger partial charge in [-0.25, -0.2) is 0 Å². The van der Waals surface area contributed by atoms with Crippen molar-refractivity contribution in [3.63, 3.8) is 0 Å². The Morgan fingerprint density at radius 2 is 1.82 bits per heavy atom. The molecule has 0 radical (unpaired) electrons. The number of rotatable bonds is 9. The number of likely N-dealkylation sites (tertiary alicyclic amines) is 1. The molecule has 2 aliphatic heterocycles. The number of carbonyl (C=O) groups is 3. The number of nitrogens with zero attached hydrogens (tertiary/aromatic N) is 2. The lowest BCUT2D eigenvalue weighted by molar-refractivity contribution is -0.133. The molecule has 3 aromatic rings. The van der Waals surface area contributed by atoms with E-state index >= 15 is 0 Å². The van der Waals surface area contributed by atoms with E-state index in [1.165, 1.54) is 11.3 Å². The standard InChI is InChI=1S/C35H42ClN3O5S/c1-22-16-38(17-23(2)44-22)26-15-27(20-43-28-10-7-24(19-40)8-11-28)39(18-26)34(41)14-25-9-12-32(31(36)13-25)37-35(42)30-21-45-33-6-4-3-5-29(30)33/h3-6,9,12-13,19,21-24,26-28H,7-8,10-11,14-18,20H2,1-2H3,(H,37,42)/t22-,23+,24?,26-,27-,28?/m0/s1. The Morgan fingerprint density at radius 3 is 2.56 bits per heavy atom. The first-order chi connectivity index (χ1) is 21.8. The number of ether oxygens (including phenoxy) is 2. The van der Waals surface area contributed by atoms with Gasteiger partial charge in [0.15, 0.2) is 0 Å². The molecule has 6 rings (SSSR count). The quantitative estimate of drug-likeness (QED) is 0.277. The Bertz CT molecular complexity index is 1510. The highest BCUT2D eigenvalue weighted by Crippen LogP contribution is 2.31. The normalized spacial score (nSPS) is 27.5. The van der Waals surface area contributed by atoms with Crippen LogP contribution in [0.25, 0.3) is 10.1 Å². The molecule has 4 atom stereocenters. The van der Waals surface area contributed by atoms with Crippen molar-refractivity contribution in [1.29, 1.82) is 0 Å². The minimum Gasteiger partial charge on any atom is -0.376 e. The topological polar surface area (TPSA) is 88.2 Å². The van der Waals surface area contributed by atoms with Crippen LogP contribution in [0.4, 0.5) is 5.69 Å². The molecule has 0 unspecified atom stereocenters. The predicted octanol–water partition coefficient (Wildman–Crippen LogP) is 6.20. The zero-order chi connectivity index (χ0) is 31.5. The number of halogens is 1. The Hall–Kier alpha value is -2.82. The fraction of sp³-hybridized carbons (Fsp3) is 0.514. The van der Waals surface area contributed by atoms with Crippen LogP contribution in [0.5, 0.6) is 0 Å². The number of carbonyl (C=O) groups excluding carboxylic acids is 3. The third kappa shape index (κ3) is 7.60. The van der Waals surface area contributed by atoms with E-state index < -0.39 is 0 Å². The predicted molar refractivity (Wildman–Crippen MR) is 178 cm³/mol. The van der Waals surface area contributed by atoms with Gasteiger partial charge in [0, 0.05) is 47.1 Å². The van der Waals surface area contributed by atoms with Crippen molar-refractivity contribution in [2.24, 2.45) is 5.92 Å². The summed E-state index contributed by atoms with van der Waals surface area (Å²) in [4.78, 5) is 42.6. The van der Waals surface area contributed by atoms with Gasteiger partial charge in [-0.15, -0.1) is 11.3 Å². The van der Waals surface area contributed by atoms with Crippen LogP contribution in [0, 0.1) is 5.92 Å². The number of amides is 2. The second-order valence-electron chi connectivity index (χ2n) is 12.9. The van der Waals surface area contributed by atoms with Gasteiger partial charge in [-0.1, -0.05) is 35.9 Å². The summed E-state index contributed by atoms with van der Waals surface area (Å²) in [5, 5.41) is 6.11. The van der Waals surface area contributed by atoms with Gasteiger partial charge in [-0.2, -0.15) is 0 Å². The molecule has 3 aliphatic rings. The van der Waals surface area contributed by atoms with Gasteiger partial charge in [0.05, 0.1) is 53.7 Å². The zero-order valence-electron chi connectivity index (χ0n) is 26.0. The van der Waals surface area contributed by atoms with E-state index in [1.54, 1.807) is 12.1 Å². The Kier molecular flexibility index (Phi) is 10.2. The molecule has 240 valence electrons. The maximum atomic E-state index is 13.8. The van der Waals surface area contributed by atoms with Crippen LogP contribution in [0.1, 0.15) is 61.9 Å². The number of nitrogens with one attached hydrogen (secondary N) is 1. The molecule has 0 bridgehead atoms. The summed E-state index contributed by atoms with van der Waals surface area (Å²) in [5.74, 6) is -0.0237. The van der Waals surface area contributed by atoms with E-state index in [9.17, 15) is 14.4 Å². The van der Waals surface area contributed by atoms with Gasteiger partial charge >= 0.3 is 0 Å². The summed E-state index contributed by atoms with van der Waals surface area (Å²) < 4.78 is 13.4. The molecule has 1 aliphatic carbocycles. The van der Waals surface area contributed by atoms with E-state index in [0.29, 0.717) is 29.4 Å². The van der Waals surface area contributed by atoms with Crippen LogP contribution >= 0.6 is 22.9 Å². The second kappa shape index (κ2) is 14.3. The summed E-state index contributed by atoms with van der Waals surface area (Å²) in [7, 11) is 0. The number of anilines is 1. The molecule has 45 heavy (non-hydrogen) atoms. The van der Waals surface area contributed by atoms with Crippen molar-refractivity contribution in [3.05, 3.63) is 64.0 Å². The van der Waals surface area contributed by atoms with Crippen molar-refractivity contribution in [3.8, 4) is 0 Å². The lowest BCUT2D eigenvalue weighted by Gasteiger charge is -2.38. The number of hydrogen-bond acceptors (Lipinski definition) is 7. The van der Waals surface area contributed by atoms with Crippen molar-refractivity contribution in [2.45, 2.75) is 82.8 Å². The summed E-state index contributed by atoms with van der Waals surface area (Å²) in [5.41, 5.74) is 1.93. The summed E-state index contributed by atoms with van der Waals surface area (Å²) in [6.45, 7) is 7.07. The third-order valence-corrected chi connectivity index (χ3v) is 10.8. The Labute approximate surface area is 274 Å². The number of benzene rings is 2. The van der Waals surface area contributed by atoms with Gasteiger partial charge < -0.3 is 24.5 Å². The first-order valence-electron chi connectivity index (χ1n) is 16.1. The first kappa shape index (κ1) is 32.1. The molecule has 8 nitrogen and oxygen atoms in total. The molecule has 1 aromatic heterocycles. The monoisotopic (exact) mass is 651 g/mol. The number of thiophene rings is 1. The minimum atomic E-state index is -0.212. The highest BCUT2D eigenvalue weighted by atomic mass is 35.5. The highest BCUT2D eigenvalue weighted by molar-refractivity contribution is 7.17. The van der Waals surface area contributed by atoms with Crippen molar-refractivity contribution in [2.75, 3.05) is 31.6 Å². The zero-order valence-corrected chi connectivity index (χ0v) is 27.5. The van der Waals surface area contributed by atoms with Gasteiger partial charge in [0.2, 0.25) is 5.91 Å². The van der Waals surface area contributed by atoms with Gasteiger partial charge in [-0.05, 0) is 69.7 Å². The lowest BCUT2D eigenvalue weighted by atomic mass is 9.88. The van der Waals surface area contributed by atoms with Gasteiger partial charge in [0.1, 0.15) is 6.29 Å². The second-order valence-corrected chi connectivity index (χ2v) is 14.2. The van der Waals surface area contributed by atoms with Crippen LogP contribution in [0.15, 0.2) is 47.8 Å². The van der Waals surface area contributed by atoms with Crippen LogP contribution in [0.3, 0.4) is 0 Å². The molecule has 1 saturated carbocycles. The average molecular weight is 652 g/mol. The average Bonchev–Trinajstić information content (AvgIpc) is 3.66. The van der Waals surface area contributed by atoms with E-state index in [0.717, 1.165) is 67.1 Å². The largest absolute Gasteiger partial charge is 0.376 e. The molecule has 2 aromatic carbocycles. The molecule has 2 amide bonds. The van der Waals surface area contributed by atoms with Crippen LogP contribution in [-0.4, -0.2) is 84.5 Å². The number of aldehydes is 1. The van der Waals surface area contributed by atoms with Crippen LogP contribution < -0.4 is 5.32 Å². The molecular weight excluding hydrogens is 610 g/mol. The number of hydrogen-bond donors (Lipinski definition) is 1. The fourth-order valence-corrected chi connectivity index (χ4v) is 8.36. The Balaban J connectivity index is 1.11. The maximum Gasteiger partial charge on any atom is 0.257 e. The smallest absolute Gasteiger partial charge is 0.257 e. The number of morpholine rings is 1. The van der Waals surface area contributed by atoms with Gasteiger partial charge in [-0.3, -0.25) is 14.5 Å². The minimum absolute atomic E-state index is 0.0192. The first-order valence-corrected chi connectivity index (χ1v) is 17.3. The van der Waals surface area contributed by atoms with Gasteiger partial charge in [0.25, 0.3) is 5.91 Å². The van der Waals surface area contributed by atoms with Crippen molar-refractivity contribution >= 4 is 56.8 Å². The Morgan fingerprint density at radius 1 is 1.07 bits per heavy atom. The molecule has 1 N–H and O–H groups in total. The summed E-state index contributed by atoms with van der Waals surface area (Å²) >= 11 is 8.17. The molecule has 0 spiro atoms. The molecular formula is C35H42ClN3O5S. The van der Waals surface area contributed by atoms with E-state index in [2.05, 4.69) is 24.1 Å². The maximum absolute atomic E-state index is 13.8. The summed E-state index contributed by atoms with van der Waals surface area (Å²) in [6.07, 6.45) is 6.09. The highest BCUT2D eigenvalue weighted by Gasteiger charge is 2.40. The van der Waals surface area contributed by atoms with E-state index in [-0.39, 0.29) is 54.5 Å². The third-order valence-electron chi connectivity index (χ3n) is 9.48. The SMILES string of the molecule is C[C@@H]1CN([C@H]2C[C@@H](COC3CCC(C=O)CC3)N(C(=O)Cc3ccc(NC(=O)c4csc5ccccc45)c(Cl)c3)C2)C[C@H](C)O1. The molecule has 3 heterocycles. The van der Waals surface area contributed by atoms with Crippen LogP contribution in [0.2, 0.25) is 5.02 Å². The molecule has 10 heteroatoms. The van der Waals surface area contributed by atoms with Crippen molar-refractivity contribution in [1.82, 2.24) is 9.80 Å². The summed E-state index contributed by atoms with van der Waals surface area (Å²) in [6, 6.07) is 13.5. The molecule has 3 fully saturated rings. The van der Waals surface area contributed by atoms with Crippen LogP contribution in [-0.2, 0) is 25.5 Å². The van der Waals surface area contributed by atoms with E-state index in [4.69, 9.17) is 21.1 Å². The van der Waals surface area contributed by atoms with Crippen molar-refractivity contribution < 1.29 is 23.9 Å². The van der Waals surface area contributed by atoms with E-state index in [1.807, 2.05) is 40.6 Å². The molecule has 2 saturated heterocycles. The lowest BCUT2D eigenvalue weighted by Crippen LogP contribution is -2.51.